The van der Waals surface area contributed by atoms with Crippen LogP contribution in [-0.4, -0.2) is 56.2 Å². The van der Waals surface area contributed by atoms with Gasteiger partial charge in [0.15, 0.2) is 0 Å². The number of amides is 3. The van der Waals surface area contributed by atoms with E-state index in [1.165, 1.54) is 36.8 Å². The fourth-order valence-corrected chi connectivity index (χ4v) is 13.3. The number of benzene rings is 10. The van der Waals surface area contributed by atoms with Crippen LogP contribution in [0.25, 0.3) is 54.5 Å². The fourth-order valence-electron chi connectivity index (χ4n) is 12.6. The predicted molar refractivity (Wildman–Crippen MR) is 384 cm³/mol. The quantitative estimate of drug-likeness (QED) is 0.0429. The average molecular weight is 1300 g/mol. The molecule has 2 saturated carbocycles. The standard InChI is InChI=1S/C42H42ClN5O3.C37H34ClN5O/c1-26-21-36(48(47-26)31-14-9-11-28(22-31)25-45-41(50)51-42(2,3)4)40(49)46-30-13-10-12-29(23-30)39(44-24-27-19-20-27)37-32-15-5-7-17-34(32)38(43)35-18-8-6-16-33(35)37;1-23-18-33(43(42-23)28-11-6-8-25(19-28)21-39)37(44)41-27-10-7-9-26(20-27)36(40-22-24-16-17-24)34-29-12-2-4-14-31(29)35(38)32-15-5-3-13-30(32)34/h5-18,21-23,27,39,44H,19-20,24-25H2,1-4H3,(H,45,50)(H,46,49);2-15,18-20,24,36,40H,16-17,21-22,39H2,1H3,(H,41,44). The van der Waals surface area contributed by atoms with Crippen molar-refractivity contribution in [2.75, 3.05) is 23.7 Å². The summed E-state index contributed by atoms with van der Waals surface area (Å²) in [5, 5.41) is 36.2. The van der Waals surface area contributed by atoms with E-state index in [9.17, 15) is 14.4 Å². The minimum atomic E-state index is -0.590. The summed E-state index contributed by atoms with van der Waals surface area (Å²) >= 11 is 14.0. The number of hydrogen-bond donors (Lipinski definition) is 6. The summed E-state index contributed by atoms with van der Waals surface area (Å²) in [5.74, 6) is 0.836. The van der Waals surface area contributed by atoms with E-state index in [-0.39, 0.29) is 30.4 Å². The lowest BCUT2D eigenvalue weighted by molar-refractivity contribution is 0.0523. The Hall–Kier alpha value is -9.67. The van der Waals surface area contributed by atoms with E-state index in [0.717, 1.165) is 106 Å². The van der Waals surface area contributed by atoms with Gasteiger partial charge in [0.05, 0.1) is 44.9 Å². The first-order valence-electron chi connectivity index (χ1n) is 32.5. The summed E-state index contributed by atoms with van der Waals surface area (Å²) in [6.07, 6.45) is 4.47. The molecule has 14 nitrogen and oxygen atoms in total. The second-order valence-corrected chi connectivity index (χ2v) is 26.7. The number of nitrogens with one attached hydrogen (secondary N) is 5. The Morgan fingerprint density at radius 3 is 1.27 bits per heavy atom. The van der Waals surface area contributed by atoms with Gasteiger partial charge in [-0.2, -0.15) is 10.2 Å². The number of nitrogens with two attached hydrogens (primary N) is 1. The summed E-state index contributed by atoms with van der Waals surface area (Å²) < 4.78 is 8.69. The highest BCUT2D eigenvalue weighted by Crippen LogP contribution is 2.44. The van der Waals surface area contributed by atoms with Gasteiger partial charge in [-0.1, -0.05) is 169 Å². The Labute approximate surface area is 563 Å². The molecule has 12 aromatic rings. The number of rotatable bonds is 19. The number of hydrogen-bond acceptors (Lipinski definition) is 9. The number of fused-ring (bicyclic) bond motifs is 4. The maximum absolute atomic E-state index is 13.9. The van der Waals surface area contributed by atoms with Gasteiger partial charge in [0.25, 0.3) is 11.8 Å². The molecular formula is C79H76Cl2N10O4. The van der Waals surface area contributed by atoms with Crippen LogP contribution in [0.2, 0.25) is 10.0 Å². The molecule has 2 aliphatic rings. The summed E-state index contributed by atoms with van der Waals surface area (Å²) in [5.41, 5.74) is 16.8. The van der Waals surface area contributed by atoms with E-state index in [1.54, 1.807) is 21.5 Å². The number of ether oxygens (including phenoxy) is 1. The molecule has 0 aliphatic heterocycles. The molecule has 2 aliphatic carbocycles. The first-order valence-corrected chi connectivity index (χ1v) is 33.3. The number of nitrogens with zero attached hydrogens (tertiary/aromatic N) is 4. The normalized spacial score (nSPS) is 13.7. The zero-order chi connectivity index (χ0) is 65.9. The highest BCUT2D eigenvalue weighted by atomic mass is 35.5. The molecule has 2 heterocycles. The number of alkyl carbamates (subject to hydrolysis) is 1. The second kappa shape index (κ2) is 27.7. The van der Waals surface area contributed by atoms with Crippen LogP contribution in [0.3, 0.4) is 0 Å². The SMILES string of the molecule is Cc1cc(C(=O)Nc2cccc(C(NCC3CC3)c3c4ccccc4c(Cl)c4ccccc34)c2)n(-c2cccc(CN)c2)n1.Cc1cc(C(=O)Nc2cccc(C(NCC3CC3)c3c4ccccc4c(Cl)c4ccccc34)c2)n(-c2cccc(CNC(=O)OC(C)(C)C)c2)n1. The van der Waals surface area contributed by atoms with Crippen molar-refractivity contribution in [3.63, 3.8) is 0 Å². The molecule has 3 amide bonds. The molecule has 0 radical (unpaired) electrons. The van der Waals surface area contributed by atoms with Gasteiger partial charge in [0.2, 0.25) is 0 Å². The Bertz CT molecular complexity index is 4760. The van der Waals surface area contributed by atoms with Crippen molar-refractivity contribution >= 4 is 95.6 Å². The van der Waals surface area contributed by atoms with Gasteiger partial charge in [-0.3, -0.25) is 9.59 Å². The monoisotopic (exact) mass is 1300 g/mol. The number of aromatic nitrogens is 4. The maximum atomic E-state index is 13.9. The van der Waals surface area contributed by atoms with Crippen molar-refractivity contribution in [1.29, 1.82) is 0 Å². The lowest BCUT2D eigenvalue weighted by atomic mass is 9.88. The highest BCUT2D eigenvalue weighted by Gasteiger charge is 2.30. The Morgan fingerprint density at radius 1 is 0.505 bits per heavy atom. The predicted octanol–water partition coefficient (Wildman–Crippen LogP) is 17.4. The van der Waals surface area contributed by atoms with Crippen molar-refractivity contribution in [2.45, 2.75) is 91.1 Å². The molecule has 0 saturated heterocycles. The van der Waals surface area contributed by atoms with Crippen LogP contribution < -0.4 is 32.3 Å². The van der Waals surface area contributed by atoms with Crippen molar-refractivity contribution in [3.05, 3.63) is 272 Å². The molecule has 2 atom stereocenters. The van der Waals surface area contributed by atoms with Crippen LogP contribution in [0.15, 0.2) is 206 Å². The van der Waals surface area contributed by atoms with E-state index in [0.29, 0.717) is 46.8 Å². The molecule has 95 heavy (non-hydrogen) atoms. The number of aryl methyl sites for hydroxylation is 2. The molecule has 2 fully saturated rings. The Morgan fingerprint density at radius 2 is 0.884 bits per heavy atom. The molecule has 2 aromatic heterocycles. The third-order valence-corrected chi connectivity index (χ3v) is 18.3. The van der Waals surface area contributed by atoms with Gasteiger partial charge in [-0.25, -0.2) is 14.2 Å². The first kappa shape index (κ1) is 64.1. The van der Waals surface area contributed by atoms with Gasteiger partial charge in [-0.15, -0.1) is 0 Å². The van der Waals surface area contributed by atoms with E-state index >= 15 is 0 Å². The number of halogens is 2. The molecule has 2 unspecified atom stereocenters. The minimum absolute atomic E-state index is 0.105. The fraction of sp³-hybridized carbons (Fsp3) is 0.228. The third kappa shape index (κ3) is 14.5. The van der Waals surface area contributed by atoms with Crippen molar-refractivity contribution in [1.82, 2.24) is 35.5 Å². The molecule has 10 aromatic carbocycles. The molecule has 480 valence electrons. The van der Waals surface area contributed by atoms with Crippen LogP contribution in [0.4, 0.5) is 16.2 Å². The van der Waals surface area contributed by atoms with E-state index in [4.69, 9.17) is 33.7 Å². The van der Waals surface area contributed by atoms with Crippen LogP contribution in [0, 0.1) is 25.7 Å². The molecule has 0 spiro atoms. The zero-order valence-electron chi connectivity index (χ0n) is 53.9. The Balaban J connectivity index is 0.000000174. The average Bonchev–Trinajstić information content (AvgIpc) is 1.45. The smallest absolute Gasteiger partial charge is 0.407 e. The molecule has 7 N–H and O–H groups in total. The van der Waals surface area contributed by atoms with Crippen LogP contribution in [0.5, 0.6) is 0 Å². The Kier molecular flexibility index (Phi) is 18.7. The summed E-state index contributed by atoms with van der Waals surface area (Å²) in [7, 11) is 0. The van der Waals surface area contributed by atoms with Gasteiger partial charge in [0.1, 0.15) is 17.0 Å². The maximum Gasteiger partial charge on any atom is 0.407 e. The third-order valence-electron chi connectivity index (χ3n) is 17.5. The second-order valence-electron chi connectivity index (χ2n) is 25.9. The van der Waals surface area contributed by atoms with Gasteiger partial charge in [-0.05, 0) is 201 Å². The van der Waals surface area contributed by atoms with E-state index in [1.807, 2.05) is 132 Å². The van der Waals surface area contributed by atoms with Gasteiger partial charge in [0, 0.05) is 46.0 Å². The molecular weight excluding hydrogens is 1220 g/mol. The number of carbonyl (C=O) groups excluding carboxylic acids is 3. The van der Waals surface area contributed by atoms with Gasteiger partial charge < -0.3 is 37.1 Å². The summed E-state index contributed by atoms with van der Waals surface area (Å²) in [4.78, 5) is 39.9. The number of carbonyl (C=O) groups is 3. The van der Waals surface area contributed by atoms with Crippen molar-refractivity contribution < 1.29 is 19.1 Å². The van der Waals surface area contributed by atoms with Crippen LogP contribution >= 0.6 is 23.2 Å². The zero-order valence-corrected chi connectivity index (χ0v) is 55.4. The minimum Gasteiger partial charge on any atom is -0.444 e. The topological polar surface area (TPSA) is 182 Å². The van der Waals surface area contributed by atoms with Crippen molar-refractivity contribution in [3.8, 4) is 11.4 Å². The summed E-state index contributed by atoms with van der Waals surface area (Å²) in [6.45, 7) is 11.7. The van der Waals surface area contributed by atoms with E-state index in [2.05, 4.69) is 134 Å². The molecule has 14 rings (SSSR count). The van der Waals surface area contributed by atoms with Gasteiger partial charge >= 0.3 is 6.09 Å². The number of anilines is 2. The molecule has 0 bridgehead atoms. The van der Waals surface area contributed by atoms with Crippen molar-refractivity contribution in [2.24, 2.45) is 17.6 Å². The van der Waals surface area contributed by atoms with E-state index < -0.39 is 11.7 Å². The van der Waals surface area contributed by atoms with Crippen LogP contribution in [-0.2, 0) is 17.8 Å². The highest BCUT2D eigenvalue weighted by molar-refractivity contribution is 6.42. The lowest BCUT2D eigenvalue weighted by Crippen LogP contribution is -2.32. The first-order chi connectivity index (χ1) is 46.0. The van der Waals surface area contributed by atoms with Crippen LogP contribution in [0.1, 0.15) is 124 Å². The lowest BCUT2D eigenvalue weighted by Gasteiger charge is -2.25. The summed E-state index contributed by atoms with van der Waals surface area (Å²) in [6, 6.07) is 68.2. The molecule has 16 heteroatoms. The largest absolute Gasteiger partial charge is 0.444 e.